The Kier molecular flexibility index (Phi) is 7.19. The molecule has 0 unspecified atom stereocenters. The third-order valence-corrected chi connectivity index (χ3v) is 4.20. The van der Waals surface area contributed by atoms with Crippen molar-refractivity contribution in [2.24, 2.45) is 0 Å². The Labute approximate surface area is 175 Å². The topological polar surface area (TPSA) is 59.6 Å². The van der Waals surface area contributed by atoms with Crippen LogP contribution in [0, 0.1) is 6.92 Å². The molecule has 0 aliphatic rings. The van der Waals surface area contributed by atoms with Crippen molar-refractivity contribution in [3.8, 4) is 11.5 Å². The standard InChI is InChI=1S/C23H22N2O3S/c1-17-10-12-19(13-11-17)24-23(29)25-22(26)18-6-5-9-21(16-18)28-15-14-27-20-7-3-2-4-8-20/h2-13,16H,14-15H2,1H3,(H2,24,25,26,29). The number of carbonyl (C=O) groups excluding carboxylic acids is 1. The van der Waals surface area contributed by atoms with E-state index in [1.807, 2.05) is 61.5 Å². The molecule has 0 heterocycles. The van der Waals surface area contributed by atoms with Gasteiger partial charge >= 0.3 is 0 Å². The van der Waals surface area contributed by atoms with E-state index in [9.17, 15) is 4.79 Å². The summed E-state index contributed by atoms with van der Waals surface area (Å²) in [4.78, 5) is 12.4. The van der Waals surface area contributed by atoms with E-state index in [0.29, 0.717) is 24.5 Å². The average Bonchev–Trinajstić information content (AvgIpc) is 2.74. The second-order valence-electron chi connectivity index (χ2n) is 6.31. The minimum absolute atomic E-state index is 0.237. The molecule has 3 aromatic rings. The summed E-state index contributed by atoms with van der Waals surface area (Å²) in [6.45, 7) is 2.78. The monoisotopic (exact) mass is 406 g/mol. The molecule has 0 saturated heterocycles. The Morgan fingerprint density at radius 1 is 0.862 bits per heavy atom. The summed E-state index contributed by atoms with van der Waals surface area (Å²) in [5.74, 6) is 1.08. The number of para-hydroxylation sites is 1. The first-order chi connectivity index (χ1) is 14.1. The van der Waals surface area contributed by atoms with Crippen molar-refractivity contribution in [1.29, 1.82) is 0 Å². The Bertz CT molecular complexity index is 959. The van der Waals surface area contributed by atoms with Crippen LogP contribution in [-0.2, 0) is 0 Å². The van der Waals surface area contributed by atoms with Crippen molar-refractivity contribution in [3.05, 3.63) is 90.0 Å². The summed E-state index contributed by atoms with van der Waals surface area (Å²) >= 11 is 5.22. The van der Waals surface area contributed by atoms with Crippen molar-refractivity contribution in [1.82, 2.24) is 5.32 Å². The Morgan fingerprint density at radius 3 is 2.24 bits per heavy atom. The zero-order valence-electron chi connectivity index (χ0n) is 16.1. The van der Waals surface area contributed by atoms with E-state index in [1.54, 1.807) is 24.3 Å². The molecule has 0 atom stereocenters. The molecule has 5 nitrogen and oxygen atoms in total. The van der Waals surface area contributed by atoms with Gasteiger partial charge in [-0.15, -0.1) is 0 Å². The number of ether oxygens (including phenoxy) is 2. The van der Waals surface area contributed by atoms with Crippen LogP contribution >= 0.6 is 12.2 Å². The lowest BCUT2D eigenvalue weighted by Gasteiger charge is -2.11. The van der Waals surface area contributed by atoms with Gasteiger partial charge in [0, 0.05) is 11.3 Å². The molecule has 0 radical (unpaired) electrons. The van der Waals surface area contributed by atoms with Gasteiger partial charge in [0.1, 0.15) is 24.7 Å². The van der Waals surface area contributed by atoms with Crippen molar-refractivity contribution >= 4 is 28.9 Å². The highest BCUT2D eigenvalue weighted by Gasteiger charge is 2.09. The molecule has 0 fully saturated rings. The van der Waals surface area contributed by atoms with Crippen LogP contribution in [0.3, 0.4) is 0 Å². The fourth-order valence-corrected chi connectivity index (χ4v) is 2.75. The molecule has 0 aliphatic heterocycles. The smallest absolute Gasteiger partial charge is 0.257 e. The van der Waals surface area contributed by atoms with Crippen molar-refractivity contribution in [2.75, 3.05) is 18.5 Å². The highest BCUT2D eigenvalue weighted by Crippen LogP contribution is 2.14. The maximum Gasteiger partial charge on any atom is 0.257 e. The minimum Gasteiger partial charge on any atom is -0.490 e. The molecule has 3 aromatic carbocycles. The van der Waals surface area contributed by atoms with Crippen LogP contribution in [0.4, 0.5) is 5.69 Å². The Morgan fingerprint density at radius 2 is 1.52 bits per heavy atom. The Balaban J connectivity index is 1.48. The molecule has 2 N–H and O–H groups in total. The number of nitrogens with one attached hydrogen (secondary N) is 2. The number of carbonyl (C=O) groups is 1. The van der Waals surface area contributed by atoms with Gasteiger partial charge in [0.05, 0.1) is 0 Å². The van der Waals surface area contributed by atoms with E-state index in [0.717, 1.165) is 17.0 Å². The summed E-state index contributed by atoms with van der Waals surface area (Å²) < 4.78 is 11.3. The van der Waals surface area contributed by atoms with Crippen LogP contribution in [0.1, 0.15) is 15.9 Å². The van der Waals surface area contributed by atoms with Gasteiger partial charge < -0.3 is 14.8 Å². The number of hydrogen-bond acceptors (Lipinski definition) is 4. The lowest BCUT2D eigenvalue weighted by molar-refractivity contribution is 0.0977. The highest BCUT2D eigenvalue weighted by atomic mass is 32.1. The second-order valence-corrected chi connectivity index (χ2v) is 6.72. The minimum atomic E-state index is -0.305. The number of rotatable bonds is 7. The summed E-state index contributed by atoms with van der Waals surface area (Å²) in [5, 5.41) is 5.91. The van der Waals surface area contributed by atoms with Crippen molar-refractivity contribution in [3.63, 3.8) is 0 Å². The van der Waals surface area contributed by atoms with E-state index in [4.69, 9.17) is 21.7 Å². The zero-order valence-corrected chi connectivity index (χ0v) is 16.9. The van der Waals surface area contributed by atoms with Crippen molar-refractivity contribution in [2.45, 2.75) is 6.92 Å². The van der Waals surface area contributed by atoms with Crippen LogP contribution < -0.4 is 20.1 Å². The predicted octanol–water partition coefficient (Wildman–Crippen LogP) is 4.58. The number of anilines is 1. The molecule has 0 aliphatic carbocycles. The van der Waals surface area contributed by atoms with E-state index in [1.165, 1.54) is 0 Å². The number of thiocarbonyl (C=S) groups is 1. The number of hydrogen-bond donors (Lipinski definition) is 2. The van der Waals surface area contributed by atoms with E-state index >= 15 is 0 Å². The molecule has 0 spiro atoms. The van der Waals surface area contributed by atoms with E-state index in [2.05, 4.69) is 10.6 Å². The third-order valence-electron chi connectivity index (χ3n) is 4.00. The molecule has 29 heavy (non-hydrogen) atoms. The fourth-order valence-electron chi connectivity index (χ4n) is 2.54. The second kappa shape index (κ2) is 10.2. The first kappa shape index (κ1) is 20.4. The van der Waals surface area contributed by atoms with Gasteiger partial charge in [0.25, 0.3) is 5.91 Å². The summed E-state index contributed by atoms with van der Waals surface area (Å²) in [7, 11) is 0. The lowest BCUT2D eigenvalue weighted by Crippen LogP contribution is -2.34. The summed E-state index contributed by atoms with van der Waals surface area (Å²) in [6.07, 6.45) is 0. The van der Waals surface area contributed by atoms with Gasteiger partial charge in [-0.2, -0.15) is 0 Å². The summed E-state index contributed by atoms with van der Waals surface area (Å²) in [6, 6.07) is 24.2. The van der Waals surface area contributed by atoms with Crippen LogP contribution in [0.25, 0.3) is 0 Å². The van der Waals surface area contributed by atoms with Gasteiger partial charge in [0.2, 0.25) is 0 Å². The molecule has 3 rings (SSSR count). The van der Waals surface area contributed by atoms with Gasteiger partial charge in [0.15, 0.2) is 5.11 Å². The predicted molar refractivity (Wildman–Crippen MR) is 119 cm³/mol. The molecule has 0 aromatic heterocycles. The molecule has 1 amide bonds. The van der Waals surface area contributed by atoms with Gasteiger partial charge in [-0.05, 0) is 61.6 Å². The van der Waals surface area contributed by atoms with Crippen LogP contribution in [0.15, 0.2) is 78.9 Å². The number of amides is 1. The van der Waals surface area contributed by atoms with Gasteiger partial charge in [-0.3, -0.25) is 10.1 Å². The number of benzene rings is 3. The first-order valence-electron chi connectivity index (χ1n) is 9.20. The molecule has 148 valence electrons. The normalized spacial score (nSPS) is 10.1. The van der Waals surface area contributed by atoms with Crippen molar-refractivity contribution < 1.29 is 14.3 Å². The lowest BCUT2D eigenvalue weighted by atomic mass is 10.2. The highest BCUT2D eigenvalue weighted by molar-refractivity contribution is 7.80. The van der Waals surface area contributed by atoms with Crippen LogP contribution in [0.2, 0.25) is 0 Å². The quantitative estimate of drug-likeness (QED) is 0.444. The SMILES string of the molecule is Cc1ccc(NC(=S)NC(=O)c2cccc(OCCOc3ccccc3)c2)cc1. The van der Waals surface area contributed by atoms with Crippen LogP contribution in [0.5, 0.6) is 11.5 Å². The average molecular weight is 407 g/mol. The number of aryl methyl sites for hydroxylation is 1. The fraction of sp³-hybridized carbons (Fsp3) is 0.130. The largest absolute Gasteiger partial charge is 0.490 e. The molecular formula is C23H22N2O3S. The summed E-state index contributed by atoms with van der Waals surface area (Å²) in [5.41, 5.74) is 2.42. The van der Waals surface area contributed by atoms with Gasteiger partial charge in [-0.1, -0.05) is 42.0 Å². The van der Waals surface area contributed by atoms with Crippen LogP contribution in [-0.4, -0.2) is 24.2 Å². The Hall–Kier alpha value is -3.38. The van der Waals surface area contributed by atoms with E-state index < -0.39 is 0 Å². The molecule has 0 saturated carbocycles. The molecular weight excluding hydrogens is 384 g/mol. The van der Waals surface area contributed by atoms with E-state index in [-0.39, 0.29) is 11.0 Å². The molecule has 6 heteroatoms. The maximum atomic E-state index is 12.4. The first-order valence-corrected chi connectivity index (χ1v) is 9.61. The third kappa shape index (κ3) is 6.62. The van der Waals surface area contributed by atoms with Gasteiger partial charge in [-0.25, -0.2) is 0 Å². The molecule has 0 bridgehead atoms. The zero-order chi connectivity index (χ0) is 20.5. The maximum absolute atomic E-state index is 12.4.